The first-order valence-corrected chi connectivity index (χ1v) is 9.83. The molecule has 0 aliphatic carbocycles. The molecule has 3 saturated heterocycles. The van der Waals surface area contributed by atoms with Crippen LogP contribution in [0.3, 0.4) is 0 Å². The minimum absolute atomic E-state index is 0.480. The third kappa shape index (κ3) is 6.94. The molecule has 2 bridgehead atoms. The van der Waals surface area contributed by atoms with Gasteiger partial charge in [0.1, 0.15) is 0 Å². The molecule has 1 atom stereocenters. The molecule has 0 radical (unpaired) electrons. The van der Waals surface area contributed by atoms with Gasteiger partial charge in [0.2, 0.25) is 0 Å². The molecule has 0 N–H and O–H groups in total. The van der Waals surface area contributed by atoms with E-state index >= 15 is 0 Å². The lowest BCUT2D eigenvalue weighted by molar-refractivity contribution is -0.0605. The van der Waals surface area contributed by atoms with Crippen LogP contribution in [0, 0.1) is 5.92 Å². The minimum Gasteiger partial charge on any atom is -0.373 e. The molecule has 2 heteroatoms. The minimum atomic E-state index is 0.480. The molecular weight excluding hydrogens is 294 g/mol. The zero-order valence-electron chi connectivity index (χ0n) is 16.3. The first-order chi connectivity index (χ1) is 11.5. The first-order valence-electron chi connectivity index (χ1n) is 9.83. The van der Waals surface area contributed by atoms with Crippen LogP contribution in [0.2, 0.25) is 0 Å². The molecule has 0 saturated carbocycles. The summed E-state index contributed by atoms with van der Waals surface area (Å²) in [6.07, 6.45) is 14.9. The van der Waals surface area contributed by atoms with Crippen molar-refractivity contribution < 1.29 is 4.74 Å². The van der Waals surface area contributed by atoms with E-state index in [9.17, 15) is 0 Å². The number of ether oxygens (including phenoxy) is 1. The van der Waals surface area contributed by atoms with E-state index in [1.807, 2.05) is 0 Å². The molecule has 24 heavy (non-hydrogen) atoms. The second-order valence-electron chi connectivity index (χ2n) is 7.97. The predicted molar refractivity (Wildman–Crippen MR) is 104 cm³/mol. The van der Waals surface area contributed by atoms with Crippen LogP contribution in [0.4, 0.5) is 0 Å². The highest BCUT2D eigenvalue weighted by Crippen LogP contribution is 2.29. The third-order valence-corrected chi connectivity index (χ3v) is 5.46. The van der Waals surface area contributed by atoms with Crippen LogP contribution in [0.1, 0.15) is 66.2 Å². The van der Waals surface area contributed by atoms with Crippen molar-refractivity contribution in [2.75, 3.05) is 26.2 Å². The topological polar surface area (TPSA) is 12.5 Å². The molecule has 136 valence electrons. The molecule has 3 aliphatic heterocycles. The van der Waals surface area contributed by atoms with Crippen LogP contribution in [0.15, 0.2) is 34.9 Å². The van der Waals surface area contributed by atoms with Crippen molar-refractivity contribution in [1.82, 2.24) is 4.90 Å². The summed E-state index contributed by atoms with van der Waals surface area (Å²) in [5, 5.41) is 0. The maximum atomic E-state index is 6.15. The summed E-state index contributed by atoms with van der Waals surface area (Å²) in [7, 11) is 0. The van der Waals surface area contributed by atoms with Gasteiger partial charge in [0, 0.05) is 6.54 Å². The summed E-state index contributed by atoms with van der Waals surface area (Å²) < 4.78 is 6.15. The van der Waals surface area contributed by atoms with Crippen molar-refractivity contribution in [3.63, 3.8) is 0 Å². The highest BCUT2D eigenvalue weighted by atomic mass is 16.5. The van der Waals surface area contributed by atoms with E-state index in [0.717, 1.165) is 31.9 Å². The Kier molecular flexibility index (Phi) is 8.28. The van der Waals surface area contributed by atoms with Crippen LogP contribution in [-0.2, 0) is 4.74 Å². The summed E-state index contributed by atoms with van der Waals surface area (Å²) in [4.78, 5) is 2.56. The second-order valence-corrected chi connectivity index (χ2v) is 7.97. The first kappa shape index (κ1) is 19.5. The molecular formula is C22H37NO. The molecule has 0 aromatic rings. The number of nitrogens with zero attached hydrogens (tertiary/aromatic N) is 1. The molecule has 0 spiro atoms. The maximum absolute atomic E-state index is 6.15. The van der Waals surface area contributed by atoms with Gasteiger partial charge in [-0.1, -0.05) is 34.9 Å². The van der Waals surface area contributed by atoms with E-state index in [1.165, 1.54) is 55.5 Å². The van der Waals surface area contributed by atoms with Gasteiger partial charge < -0.3 is 9.64 Å². The Morgan fingerprint density at radius 3 is 2.12 bits per heavy atom. The van der Waals surface area contributed by atoms with Crippen molar-refractivity contribution in [2.24, 2.45) is 5.92 Å². The third-order valence-electron chi connectivity index (χ3n) is 5.46. The Morgan fingerprint density at radius 2 is 1.54 bits per heavy atom. The monoisotopic (exact) mass is 331 g/mol. The van der Waals surface area contributed by atoms with Gasteiger partial charge in [-0.15, -0.1) is 0 Å². The van der Waals surface area contributed by atoms with Crippen LogP contribution in [0.25, 0.3) is 0 Å². The average molecular weight is 332 g/mol. The van der Waals surface area contributed by atoms with Gasteiger partial charge in [-0.2, -0.15) is 0 Å². The van der Waals surface area contributed by atoms with E-state index in [-0.39, 0.29) is 0 Å². The lowest BCUT2D eigenvalue weighted by Gasteiger charge is -2.44. The average Bonchev–Trinajstić information content (AvgIpc) is 2.55. The van der Waals surface area contributed by atoms with Gasteiger partial charge in [-0.25, -0.2) is 0 Å². The van der Waals surface area contributed by atoms with Gasteiger partial charge in [-0.05, 0) is 85.2 Å². The van der Waals surface area contributed by atoms with E-state index in [0.29, 0.717) is 6.10 Å². The summed E-state index contributed by atoms with van der Waals surface area (Å²) in [5.41, 5.74) is 4.40. The maximum Gasteiger partial charge on any atom is 0.0735 e. The SMILES string of the molecule is CC(C)=CCC/C(C)=C/CC/C(C)=C/COC1CN2CCC1CC2. The molecule has 1 unspecified atom stereocenters. The molecule has 0 amide bonds. The zero-order chi connectivity index (χ0) is 17.4. The molecule has 3 rings (SSSR count). The normalized spacial score (nSPS) is 27.4. The molecule has 3 heterocycles. The van der Waals surface area contributed by atoms with Gasteiger partial charge in [0.15, 0.2) is 0 Å². The molecule has 2 nitrogen and oxygen atoms in total. The van der Waals surface area contributed by atoms with E-state index in [2.05, 4.69) is 50.8 Å². The molecule has 0 aromatic carbocycles. The Labute approximate surface area is 149 Å². The Bertz CT molecular complexity index is 462. The smallest absolute Gasteiger partial charge is 0.0735 e. The van der Waals surface area contributed by atoms with Crippen LogP contribution in [0.5, 0.6) is 0 Å². The Hall–Kier alpha value is -0.860. The van der Waals surface area contributed by atoms with Crippen LogP contribution >= 0.6 is 0 Å². The van der Waals surface area contributed by atoms with Crippen molar-refractivity contribution in [1.29, 1.82) is 0 Å². The van der Waals surface area contributed by atoms with Crippen LogP contribution < -0.4 is 0 Å². The van der Waals surface area contributed by atoms with Crippen molar-refractivity contribution in [3.05, 3.63) is 34.9 Å². The lowest BCUT2D eigenvalue weighted by atomic mass is 9.86. The fourth-order valence-electron chi connectivity index (χ4n) is 3.75. The number of fused-ring (bicyclic) bond motifs is 3. The number of rotatable bonds is 9. The fraction of sp³-hybridized carbons (Fsp3) is 0.727. The number of hydrogen-bond donors (Lipinski definition) is 0. The van der Waals surface area contributed by atoms with Gasteiger partial charge in [-0.3, -0.25) is 0 Å². The van der Waals surface area contributed by atoms with Crippen LogP contribution in [-0.4, -0.2) is 37.2 Å². The van der Waals surface area contributed by atoms with Crippen molar-refractivity contribution in [2.45, 2.75) is 72.3 Å². The number of piperidine rings is 3. The molecule has 3 aliphatic rings. The van der Waals surface area contributed by atoms with E-state index in [4.69, 9.17) is 4.74 Å². The molecule has 3 fully saturated rings. The summed E-state index contributed by atoms with van der Waals surface area (Å²) in [6, 6.07) is 0. The summed E-state index contributed by atoms with van der Waals surface area (Å²) >= 11 is 0. The predicted octanol–water partition coefficient (Wildman–Crippen LogP) is 5.52. The number of allylic oxidation sites excluding steroid dienone is 5. The van der Waals surface area contributed by atoms with Gasteiger partial charge in [0.05, 0.1) is 12.7 Å². The largest absolute Gasteiger partial charge is 0.373 e. The van der Waals surface area contributed by atoms with Gasteiger partial charge >= 0.3 is 0 Å². The quantitative estimate of drug-likeness (QED) is 0.516. The fourth-order valence-corrected chi connectivity index (χ4v) is 3.75. The molecule has 0 aromatic heterocycles. The van der Waals surface area contributed by atoms with E-state index < -0.39 is 0 Å². The second kappa shape index (κ2) is 10.2. The summed E-state index contributed by atoms with van der Waals surface area (Å²) in [5.74, 6) is 0.815. The van der Waals surface area contributed by atoms with E-state index in [1.54, 1.807) is 0 Å². The standard InChI is InChI=1S/C22H37NO/c1-18(2)7-5-8-19(3)9-6-10-20(4)13-16-24-22-17-23-14-11-21(22)12-15-23/h7,9,13,21-22H,5-6,8,10-12,14-17H2,1-4H3/b19-9+,20-13+. The highest BCUT2D eigenvalue weighted by molar-refractivity contribution is 5.05. The Morgan fingerprint density at radius 1 is 0.917 bits per heavy atom. The van der Waals surface area contributed by atoms with Crippen molar-refractivity contribution >= 4 is 0 Å². The summed E-state index contributed by atoms with van der Waals surface area (Å²) in [6.45, 7) is 13.4. The van der Waals surface area contributed by atoms with Gasteiger partial charge in [0.25, 0.3) is 0 Å². The zero-order valence-corrected chi connectivity index (χ0v) is 16.3. The lowest BCUT2D eigenvalue weighted by Crippen LogP contribution is -2.51. The van der Waals surface area contributed by atoms with Crippen molar-refractivity contribution in [3.8, 4) is 0 Å². The number of hydrogen-bond acceptors (Lipinski definition) is 2. The highest BCUT2D eigenvalue weighted by Gasteiger charge is 2.34. The Balaban J connectivity index is 1.60.